The van der Waals surface area contributed by atoms with Crippen molar-refractivity contribution >= 4 is 17.5 Å². The molecule has 1 atom stereocenters. The third-order valence-electron chi connectivity index (χ3n) is 3.22. The minimum Gasteiger partial charge on any atom is -0.349 e. The van der Waals surface area contributed by atoms with Crippen molar-refractivity contribution in [2.24, 2.45) is 0 Å². The molecule has 0 fully saturated rings. The Kier molecular flexibility index (Phi) is 6.88. The first-order valence-corrected chi connectivity index (χ1v) is 7.21. The van der Waals surface area contributed by atoms with Gasteiger partial charge >= 0.3 is 0 Å². The van der Waals surface area contributed by atoms with Crippen molar-refractivity contribution in [1.82, 2.24) is 10.2 Å². The molecule has 1 aromatic carbocycles. The molecule has 5 heteroatoms. The largest absolute Gasteiger partial charge is 0.349 e. The van der Waals surface area contributed by atoms with Crippen LogP contribution in [0, 0.1) is 0 Å². The number of nitrogens with one attached hydrogen (secondary N) is 2. The summed E-state index contributed by atoms with van der Waals surface area (Å²) in [5.41, 5.74) is 1.91. The average Bonchev–Trinajstić information content (AvgIpc) is 2.42. The van der Waals surface area contributed by atoms with Gasteiger partial charge in [-0.2, -0.15) is 0 Å². The van der Waals surface area contributed by atoms with E-state index in [9.17, 15) is 9.59 Å². The fraction of sp³-hybridized carbons (Fsp3) is 0.500. The molecular formula is C16H25N3O2. The van der Waals surface area contributed by atoms with E-state index in [1.165, 1.54) is 6.92 Å². The molecular weight excluding hydrogens is 266 g/mol. The Labute approximate surface area is 126 Å². The standard InChI is InChI=1S/C16H25N3O2/c1-12(17-10-6-9-16(21)19(3)4)14-7-5-8-15(11-14)18-13(2)20/h5,7-8,11-12,17H,6,9-10H2,1-4H3,(H,18,20). The van der Waals surface area contributed by atoms with Gasteiger partial charge in [-0.3, -0.25) is 9.59 Å². The summed E-state index contributed by atoms with van der Waals surface area (Å²) in [6.07, 6.45) is 1.37. The molecule has 2 N–H and O–H groups in total. The lowest BCUT2D eigenvalue weighted by molar-refractivity contribution is -0.128. The zero-order valence-electron chi connectivity index (χ0n) is 13.3. The van der Waals surface area contributed by atoms with E-state index in [0.717, 1.165) is 24.2 Å². The normalized spacial score (nSPS) is 11.8. The second-order valence-electron chi connectivity index (χ2n) is 5.37. The Morgan fingerprint density at radius 2 is 2.00 bits per heavy atom. The quantitative estimate of drug-likeness (QED) is 0.757. The molecule has 0 bridgehead atoms. The number of benzene rings is 1. The van der Waals surface area contributed by atoms with E-state index < -0.39 is 0 Å². The van der Waals surface area contributed by atoms with Gasteiger partial charge in [0.15, 0.2) is 0 Å². The van der Waals surface area contributed by atoms with Crippen LogP contribution in [0.3, 0.4) is 0 Å². The van der Waals surface area contributed by atoms with E-state index in [4.69, 9.17) is 0 Å². The second kappa shape index (κ2) is 8.42. The summed E-state index contributed by atoms with van der Waals surface area (Å²) in [6.45, 7) is 4.35. The average molecular weight is 291 g/mol. The van der Waals surface area contributed by atoms with Crippen molar-refractivity contribution in [3.63, 3.8) is 0 Å². The van der Waals surface area contributed by atoms with Crippen LogP contribution in [0.2, 0.25) is 0 Å². The SMILES string of the molecule is CC(=O)Nc1cccc(C(C)NCCCC(=O)N(C)C)c1. The maximum Gasteiger partial charge on any atom is 0.222 e. The number of carbonyl (C=O) groups excluding carboxylic acids is 2. The van der Waals surface area contributed by atoms with Crippen LogP contribution in [0.1, 0.15) is 38.3 Å². The van der Waals surface area contributed by atoms with Gasteiger partial charge in [-0.15, -0.1) is 0 Å². The highest BCUT2D eigenvalue weighted by Crippen LogP contribution is 2.17. The van der Waals surface area contributed by atoms with Gasteiger partial charge < -0.3 is 15.5 Å². The van der Waals surface area contributed by atoms with Crippen molar-refractivity contribution in [3.8, 4) is 0 Å². The van der Waals surface area contributed by atoms with Crippen molar-refractivity contribution in [3.05, 3.63) is 29.8 Å². The van der Waals surface area contributed by atoms with Gasteiger partial charge in [0.05, 0.1) is 0 Å². The molecule has 0 spiro atoms. The van der Waals surface area contributed by atoms with Gasteiger partial charge in [-0.05, 0) is 37.6 Å². The zero-order valence-corrected chi connectivity index (χ0v) is 13.3. The van der Waals surface area contributed by atoms with E-state index in [1.807, 2.05) is 24.3 Å². The Balaban J connectivity index is 2.43. The number of hydrogen-bond donors (Lipinski definition) is 2. The van der Waals surface area contributed by atoms with E-state index >= 15 is 0 Å². The fourth-order valence-electron chi connectivity index (χ4n) is 1.99. The van der Waals surface area contributed by atoms with Gasteiger partial charge in [-0.1, -0.05) is 12.1 Å². The molecule has 1 aromatic rings. The van der Waals surface area contributed by atoms with Gasteiger partial charge in [-0.25, -0.2) is 0 Å². The van der Waals surface area contributed by atoms with Crippen LogP contribution >= 0.6 is 0 Å². The lowest BCUT2D eigenvalue weighted by Gasteiger charge is -2.16. The molecule has 1 rings (SSSR count). The Morgan fingerprint density at radius 3 is 2.62 bits per heavy atom. The number of nitrogens with zero attached hydrogens (tertiary/aromatic N) is 1. The van der Waals surface area contributed by atoms with Crippen molar-refractivity contribution in [2.45, 2.75) is 32.7 Å². The molecule has 21 heavy (non-hydrogen) atoms. The Morgan fingerprint density at radius 1 is 1.29 bits per heavy atom. The van der Waals surface area contributed by atoms with Crippen LogP contribution in [0.5, 0.6) is 0 Å². The first-order chi connectivity index (χ1) is 9.90. The maximum atomic E-state index is 11.5. The molecule has 5 nitrogen and oxygen atoms in total. The molecule has 0 aromatic heterocycles. The molecule has 2 amide bonds. The van der Waals surface area contributed by atoms with Crippen LogP contribution < -0.4 is 10.6 Å². The van der Waals surface area contributed by atoms with E-state index in [0.29, 0.717) is 6.42 Å². The van der Waals surface area contributed by atoms with E-state index in [-0.39, 0.29) is 17.9 Å². The highest BCUT2D eigenvalue weighted by Gasteiger charge is 2.07. The van der Waals surface area contributed by atoms with Crippen molar-refractivity contribution in [1.29, 1.82) is 0 Å². The predicted molar refractivity (Wildman–Crippen MR) is 85.1 cm³/mol. The molecule has 0 heterocycles. The van der Waals surface area contributed by atoms with Crippen molar-refractivity contribution in [2.75, 3.05) is 26.0 Å². The maximum absolute atomic E-state index is 11.5. The molecule has 0 aliphatic carbocycles. The van der Waals surface area contributed by atoms with Crippen LogP contribution in [-0.2, 0) is 9.59 Å². The first-order valence-electron chi connectivity index (χ1n) is 7.21. The summed E-state index contributed by atoms with van der Waals surface area (Å²) in [6, 6.07) is 7.95. The summed E-state index contributed by atoms with van der Waals surface area (Å²) in [4.78, 5) is 24.1. The van der Waals surface area contributed by atoms with E-state index in [1.54, 1.807) is 19.0 Å². The highest BCUT2D eigenvalue weighted by molar-refractivity contribution is 5.88. The lowest BCUT2D eigenvalue weighted by Crippen LogP contribution is -2.24. The van der Waals surface area contributed by atoms with Crippen molar-refractivity contribution < 1.29 is 9.59 Å². The number of rotatable bonds is 7. The minimum atomic E-state index is -0.0741. The monoisotopic (exact) mass is 291 g/mol. The molecule has 0 aliphatic heterocycles. The molecule has 1 unspecified atom stereocenters. The highest BCUT2D eigenvalue weighted by atomic mass is 16.2. The summed E-state index contributed by atoms with van der Waals surface area (Å²) in [5, 5.41) is 6.17. The molecule has 0 saturated carbocycles. The second-order valence-corrected chi connectivity index (χ2v) is 5.37. The smallest absolute Gasteiger partial charge is 0.222 e. The zero-order chi connectivity index (χ0) is 15.8. The summed E-state index contributed by atoms with van der Waals surface area (Å²) in [5.74, 6) is 0.0760. The Bertz CT molecular complexity index is 486. The number of anilines is 1. The van der Waals surface area contributed by atoms with Gasteiger partial charge in [0, 0.05) is 39.2 Å². The number of carbonyl (C=O) groups is 2. The third-order valence-corrected chi connectivity index (χ3v) is 3.22. The van der Waals surface area contributed by atoms with Gasteiger partial charge in [0.25, 0.3) is 0 Å². The lowest BCUT2D eigenvalue weighted by atomic mass is 10.1. The molecule has 0 aliphatic rings. The number of hydrogen-bond acceptors (Lipinski definition) is 3. The predicted octanol–water partition coefficient (Wildman–Crippen LogP) is 2.16. The molecule has 0 saturated heterocycles. The van der Waals surface area contributed by atoms with Crippen LogP contribution in [0.25, 0.3) is 0 Å². The third kappa shape index (κ3) is 6.40. The van der Waals surface area contributed by atoms with Gasteiger partial charge in [0.1, 0.15) is 0 Å². The molecule has 116 valence electrons. The van der Waals surface area contributed by atoms with Crippen LogP contribution in [-0.4, -0.2) is 37.4 Å². The minimum absolute atomic E-state index is 0.0741. The summed E-state index contributed by atoms with van der Waals surface area (Å²) >= 11 is 0. The van der Waals surface area contributed by atoms with Crippen LogP contribution in [0.15, 0.2) is 24.3 Å². The Hall–Kier alpha value is -1.88. The molecule has 0 radical (unpaired) electrons. The topological polar surface area (TPSA) is 61.4 Å². The van der Waals surface area contributed by atoms with E-state index in [2.05, 4.69) is 17.6 Å². The van der Waals surface area contributed by atoms with Gasteiger partial charge in [0.2, 0.25) is 11.8 Å². The number of amides is 2. The van der Waals surface area contributed by atoms with Crippen LogP contribution in [0.4, 0.5) is 5.69 Å². The fourth-order valence-corrected chi connectivity index (χ4v) is 1.99. The summed E-state index contributed by atoms with van der Waals surface area (Å²) in [7, 11) is 3.54. The summed E-state index contributed by atoms with van der Waals surface area (Å²) < 4.78 is 0. The first kappa shape index (κ1) is 17.2.